The smallest absolute Gasteiger partial charge is 0.312 e. The standard InChI is InChI=1S/C10H11F2NO2S/c1-16-7-3-2-6(11)8(9(7)12)5(4-13)10(14)15/h2-3,5H,4,13H2,1H3,(H,14,15). The summed E-state index contributed by atoms with van der Waals surface area (Å²) < 4.78 is 27.1. The largest absolute Gasteiger partial charge is 0.481 e. The van der Waals surface area contributed by atoms with E-state index in [4.69, 9.17) is 10.8 Å². The van der Waals surface area contributed by atoms with Crippen molar-refractivity contribution in [2.45, 2.75) is 10.8 Å². The number of carboxylic acids is 1. The highest BCUT2D eigenvalue weighted by Crippen LogP contribution is 2.29. The molecular weight excluding hydrogens is 236 g/mol. The molecule has 3 N–H and O–H groups in total. The van der Waals surface area contributed by atoms with E-state index in [2.05, 4.69) is 0 Å². The first-order valence-corrected chi connectivity index (χ1v) is 5.70. The van der Waals surface area contributed by atoms with Gasteiger partial charge in [-0.2, -0.15) is 0 Å². The molecule has 0 bridgehead atoms. The molecule has 1 aromatic carbocycles. The maximum atomic E-state index is 13.8. The van der Waals surface area contributed by atoms with Gasteiger partial charge in [-0.3, -0.25) is 4.79 Å². The Kier molecular flexibility index (Phi) is 4.26. The fourth-order valence-electron chi connectivity index (χ4n) is 1.37. The molecular formula is C10H11F2NO2S. The summed E-state index contributed by atoms with van der Waals surface area (Å²) >= 11 is 1.08. The summed E-state index contributed by atoms with van der Waals surface area (Å²) in [6.07, 6.45) is 1.62. The lowest BCUT2D eigenvalue weighted by Gasteiger charge is -2.13. The summed E-state index contributed by atoms with van der Waals surface area (Å²) in [7, 11) is 0. The predicted molar refractivity (Wildman–Crippen MR) is 57.6 cm³/mol. The maximum Gasteiger partial charge on any atom is 0.312 e. The predicted octanol–water partition coefficient (Wildman–Crippen LogP) is 1.81. The van der Waals surface area contributed by atoms with Gasteiger partial charge in [0, 0.05) is 17.0 Å². The Balaban J connectivity index is 3.35. The van der Waals surface area contributed by atoms with Crippen LogP contribution in [0.2, 0.25) is 0 Å². The number of hydrogen-bond acceptors (Lipinski definition) is 3. The molecule has 0 heterocycles. The molecule has 3 nitrogen and oxygen atoms in total. The number of benzene rings is 1. The van der Waals surface area contributed by atoms with Crippen LogP contribution in [0.3, 0.4) is 0 Å². The van der Waals surface area contributed by atoms with Crippen LogP contribution in [0, 0.1) is 11.6 Å². The molecule has 0 saturated carbocycles. The second kappa shape index (κ2) is 5.27. The second-order valence-electron chi connectivity index (χ2n) is 3.10. The van der Waals surface area contributed by atoms with Gasteiger partial charge >= 0.3 is 5.97 Å². The van der Waals surface area contributed by atoms with Gasteiger partial charge in [0.25, 0.3) is 0 Å². The normalized spacial score (nSPS) is 12.5. The van der Waals surface area contributed by atoms with E-state index in [1.807, 2.05) is 0 Å². The van der Waals surface area contributed by atoms with E-state index >= 15 is 0 Å². The lowest BCUT2D eigenvalue weighted by atomic mass is 9.98. The fraction of sp³-hybridized carbons (Fsp3) is 0.300. The molecule has 0 fully saturated rings. The highest BCUT2D eigenvalue weighted by Gasteiger charge is 2.26. The molecule has 0 radical (unpaired) electrons. The molecule has 0 aliphatic carbocycles. The van der Waals surface area contributed by atoms with Crippen molar-refractivity contribution in [3.05, 3.63) is 29.3 Å². The third kappa shape index (κ3) is 2.33. The quantitative estimate of drug-likeness (QED) is 0.796. The Morgan fingerprint density at radius 2 is 2.19 bits per heavy atom. The molecule has 1 unspecified atom stereocenters. The number of rotatable bonds is 4. The second-order valence-corrected chi connectivity index (χ2v) is 3.95. The number of hydrogen-bond donors (Lipinski definition) is 2. The molecule has 1 aromatic rings. The first kappa shape index (κ1) is 12.9. The highest BCUT2D eigenvalue weighted by atomic mass is 32.2. The minimum atomic E-state index is -1.35. The summed E-state index contributed by atoms with van der Waals surface area (Å²) in [5.41, 5.74) is 4.74. The first-order valence-electron chi connectivity index (χ1n) is 4.47. The zero-order valence-electron chi connectivity index (χ0n) is 8.54. The Morgan fingerprint density at radius 1 is 1.56 bits per heavy atom. The summed E-state index contributed by atoms with van der Waals surface area (Å²) in [6.45, 7) is -0.346. The van der Waals surface area contributed by atoms with Gasteiger partial charge in [0.1, 0.15) is 11.6 Å². The summed E-state index contributed by atoms with van der Waals surface area (Å²) in [5, 5.41) is 8.82. The van der Waals surface area contributed by atoms with E-state index in [9.17, 15) is 13.6 Å². The van der Waals surface area contributed by atoms with Gasteiger partial charge < -0.3 is 10.8 Å². The first-order chi connectivity index (χ1) is 7.52. The monoisotopic (exact) mass is 247 g/mol. The number of carboxylic acid groups (broad SMARTS) is 1. The van der Waals surface area contributed by atoms with E-state index in [1.54, 1.807) is 6.26 Å². The summed E-state index contributed by atoms with van der Waals surface area (Å²) in [4.78, 5) is 11.0. The number of nitrogens with two attached hydrogens (primary N) is 1. The van der Waals surface area contributed by atoms with Crippen LogP contribution in [-0.2, 0) is 4.79 Å². The molecule has 1 rings (SSSR count). The Bertz CT molecular complexity index is 412. The highest BCUT2D eigenvalue weighted by molar-refractivity contribution is 7.98. The van der Waals surface area contributed by atoms with Crippen LogP contribution in [0.1, 0.15) is 11.5 Å². The van der Waals surface area contributed by atoms with Crippen molar-refractivity contribution in [2.24, 2.45) is 5.73 Å². The van der Waals surface area contributed by atoms with Crippen molar-refractivity contribution in [3.63, 3.8) is 0 Å². The lowest BCUT2D eigenvalue weighted by Crippen LogP contribution is -2.23. The Hall–Kier alpha value is -1.14. The molecule has 88 valence electrons. The zero-order valence-corrected chi connectivity index (χ0v) is 9.35. The minimum Gasteiger partial charge on any atom is -0.481 e. The van der Waals surface area contributed by atoms with Gasteiger partial charge in [-0.05, 0) is 18.4 Å². The summed E-state index contributed by atoms with van der Waals surface area (Å²) in [6, 6.07) is 2.32. The zero-order chi connectivity index (χ0) is 12.3. The topological polar surface area (TPSA) is 63.3 Å². The van der Waals surface area contributed by atoms with Gasteiger partial charge in [-0.1, -0.05) is 0 Å². The van der Waals surface area contributed by atoms with Crippen molar-refractivity contribution >= 4 is 17.7 Å². The molecule has 0 aromatic heterocycles. The number of thioether (sulfide) groups is 1. The number of carbonyl (C=O) groups is 1. The van der Waals surface area contributed by atoms with E-state index < -0.39 is 29.1 Å². The van der Waals surface area contributed by atoms with Gasteiger partial charge in [0.2, 0.25) is 0 Å². The van der Waals surface area contributed by atoms with Crippen molar-refractivity contribution in [3.8, 4) is 0 Å². The molecule has 1 atom stereocenters. The van der Waals surface area contributed by atoms with E-state index in [-0.39, 0.29) is 11.4 Å². The minimum absolute atomic E-state index is 0.205. The van der Waals surface area contributed by atoms with Crippen molar-refractivity contribution < 1.29 is 18.7 Å². The van der Waals surface area contributed by atoms with Crippen LogP contribution in [0.15, 0.2) is 17.0 Å². The summed E-state index contributed by atoms with van der Waals surface area (Å²) in [5.74, 6) is -4.41. The van der Waals surface area contributed by atoms with Gasteiger partial charge in [-0.15, -0.1) is 11.8 Å². The number of aliphatic carboxylic acids is 1. The molecule has 16 heavy (non-hydrogen) atoms. The van der Waals surface area contributed by atoms with Crippen molar-refractivity contribution in [1.29, 1.82) is 0 Å². The van der Waals surface area contributed by atoms with Crippen LogP contribution < -0.4 is 5.73 Å². The van der Waals surface area contributed by atoms with Crippen LogP contribution in [0.25, 0.3) is 0 Å². The van der Waals surface area contributed by atoms with Gasteiger partial charge in [0.15, 0.2) is 0 Å². The molecule has 0 saturated heterocycles. The van der Waals surface area contributed by atoms with Gasteiger partial charge in [0.05, 0.1) is 5.92 Å². The van der Waals surface area contributed by atoms with E-state index in [0.717, 1.165) is 17.8 Å². The lowest BCUT2D eigenvalue weighted by molar-refractivity contribution is -0.138. The third-order valence-corrected chi connectivity index (χ3v) is 2.95. The number of halogens is 2. The third-order valence-electron chi connectivity index (χ3n) is 2.19. The maximum absolute atomic E-state index is 13.8. The molecule has 0 aliphatic rings. The van der Waals surface area contributed by atoms with Crippen LogP contribution in [-0.4, -0.2) is 23.9 Å². The van der Waals surface area contributed by atoms with Crippen LogP contribution in [0.4, 0.5) is 8.78 Å². The van der Waals surface area contributed by atoms with Crippen LogP contribution >= 0.6 is 11.8 Å². The van der Waals surface area contributed by atoms with Crippen molar-refractivity contribution in [1.82, 2.24) is 0 Å². The Labute approximate surface area is 95.6 Å². The molecule has 0 amide bonds. The van der Waals surface area contributed by atoms with Crippen LogP contribution in [0.5, 0.6) is 0 Å². The van der Waals surface area contributed by atoms with Crippen molar-refractivity contribution in [2.75, 3.05) is 12.8 Å². The van der Waals surface area contributed by atoms with E-state index in [0.29, 0.717) is 0 Å². The van der Waals surface area contributed by atoms with E-state index in [1.165, 1.54) is 6.07 Å². The Morgan fingerprint density at radius 3 is 2.62 bits per heavy atom. The molecule has 0 aliphatic heterocycles. The molecule has 6 heteroatoms. The molecule has 0 spiro atoms. The average Bonchev–Trinajstić information content (AvgIpc) is 2.23. The SMILES string of the molecule is CSc1ccc(F)c(C(CN)C(=O)O)c1F. The van der Waals surface area contributed by atoms with Gasteiger partial charge in [-0.25, -0.2) is 8.78 Å². The fourth-order valence-corrected chi connectivity index (χ4v) is 1.86. The average molecular weight is 247 g/mol.